The van der Waals surface area contributed by atoms with Crippen molar-refractivity contribution in [2.75, 3.05) is 37.9 Å². The topological polar surface area (TPSA) is 75.9 Å². The summed E-state index contributed by atoms with van der Waals surface area (Å²) in [6, 6.07) is -4.48. The Morgan fingerprint density at radius 1 is 1.55 bits per heavy atom. The number of rotatable bonds is 4. The molecular formula is C15H19N3O4. The van der Waals surface area contributed by atoms with Gasteiger partial charge in [0.1, 0.15) is 5.75 Å². The van der Waals surface area contributed by atoms with Crippen LogP contribution in [-0.4, -0.2) is 48.8 Å². The van der Waals surface area contributed by atoms with Crippen molar-refractivity contribution < 1.29 is 37.8 Å². The van der Waals surface area contributed by atoms with Gasteiger partial charge in [0.15, 0.2) is 0 Å². The van der Waals surface area contributed by atoms with E-state index in [0.717, 1.165) is 0 Å². The lowest BCUT2D eigenvalue weighted by molar-refractivity contribution is -0.384. The van der Waals surface area contributed by atoms with Crippen LogP contribution < -0.4 is 9.64 Å². The summed E-state index contributed by atoms with van der Waals surface area (Å²) >= 11 is 0. The molecule has 0 bridgehead atoms. The van der Waals surface area contributed by atoms with E-state index in [-0.39, 0.29) is 0 Å². The molecule has 2 aliphatic rings. The van der Waals surface area contributed by atoms with Crippen LogP contribution in [0.15, 0.2) is 18.1 Å². The van der Waals surface area contributed by atoms with Crippen LogP contribution >= 0.6 is 0 Å². The van der Waals surface area contributed by atoms with E-state index in [1.54, 1.807) is 0 Å². The Morgan fingerprint density at radius 2 is 2.27 bits per heavy atom. The highest BCUT2D eigenvalue weighted by atomic mass is 16.6. The van der Waals surface area contributed by atoms with Gasteiger partial charge in [-0.25, -0.2) is 0 Å². The number of hydrogen-bond donors (Lipinski definition) is 0. The van der Waals surface area contributed by atoms with Crippen molar-refractivity contribution in [3.05, 3.63) is 28.2 Å². The van der Waals surface area contributed by atoms with Crippen molar-refractivity contribution in [3.8, 4) is 5.75 Å². The van der Waals surface area contributed by atoms with Crippen LogP contribution in [0, 0.1) is 16.0 Å². The molecule has 0 N–H and O–H groups in total. The molecular weight excluding hydrogens is 286 g/mol. The summed E-state index contributed by atoms with van der Waals surface area (Å²) in [6.07, 6.45) is -3.46. The SMILES string of the molecule is [2H]c1c([2H])c([N+](=O)[O-])c([2H])c(N2C([2H])([2H])C([2H])([2H])N(C(=O)C3([2H])CC3([2H])[2H])C([2H])([2H])C2([2H])[2H])c1OC([2H])([2H])[2H]. The van der Waals surface area contributed by atoms with Crippen molar-refractivity contribution in [2.24, 2.45) is 5.89 Å². The molecule has 1 unspecified atom stereocenters. The molecule has 1 saturated carbocycles. The zero-order valence-corrected chi connectivity index (χ0v) is 10.7. The van der Waals surface area contributed by atoms with Gasteiger partial charge in [-0.1, -0.05) is 0 Å². The van der Waals surface area contributed by atoms with E-state index in [2.05, 4.69) is 4.74 Å². The molecule has 7 nitrogen and oxygen atoms in total. The first-order valence-corrected chi connectivity index (χ1v) is 5.75. The summed E-state index contributed by atoms with van der Waals surface area (Å²) in [7, 11) is -3.55. The van der Waals surface area contributed by atoms with E-state index in [0.29, 0.717) is 0 Å². The van der Waals surface area contributed by atoms with Crippen LogP contribution in [0.4, 0.5) is 11.4 Å². The minimum absolute atomic E-state index is 0.546. The Bertz CT molecular complexity index is 1240. The summed E-state index contributed by atoms with van der Waals surface area (Å²) in [6.45, 7) is -16.2. The number of nitro groups is 1. The first-order chi connectivity index (χ1) is 17.1. The van der Waals surface area contributed by atoms with Crippen LogP contribution in [0.5, 0.6) is 5.75 Å². The maximum absolute atomic E-state index is 13.1. The predicted octanol–water partition coefficient (Wildman–Crippen LogP) is 1.66. The Kier molecular flexibility index (Phi) is 1.22. The van der Waals surface area contributed by atoms with Crippen molar-refractivity contribution >= 4 is 17.3 Å². The summed E-state index contributed by atoms with van der Waals surface area (Å²) in [5.74, 6) is -6.29. The fraction of sp³-hybridized carbons (Fsp3) is 0.533. The third-order valence-corrected chi connectivity index (χ3v) is 2.62. The Morgan fingerprint density at radius 3 is 2.86 bits per heavy atom. The van der Waals surface area contributed by atoms with Gasteiger partial charge in [-0.15, -0.1) is 0 Å². The molecule has 1 aliphatic heterocycles. The number of carbonyl (C=O) groups excluding carboxylic acids is 1. The van der Waals surface area contributed by atoms with Crippen LogP contribution in [0.25, 0.3) is 0 Å². The summed E-state index contributed by atoms with van der Waals surface area (Å²) in [5.41, 5.74) is -3.19. The van der Waals surface area contributed by atoms with E-state index in [9.17, 15) is 14.9 Å². The smallest absolute Gasteiger partial charge is 0.271 e. The lowest BCUT2D eigenvalue weighted by Gasteiger charge is -2.36. The molecule has 0 spiro atoms. The summed E-state index contributed by atoms with van der Waals surface area (Å²) in [5, 5.41) is 11.6. The van der Waals surface area contributed by atoms with Crippen molar-refractivity contribution in [2.45, 2.75) is 12.8 Å². The van der Waals surface area contributed by atoms with Gasteiger partial charge in [0.2, 0.25) is 5.91 Å². The Labute approximate surface area is 152 Å². The van der Waals surface area contributed by atoms with Crippen molar-refractivity contribution in [1.29, 1.82) is 0 Å². The van der Waals surface area contributed by atoms with Crippen molar-refractivity contribution in [1.82, 2.24) is 4.90 Å². The predicted molar refractivity (Wildman–Crippen MR) is 81.2 cm³/mol. The second-order valence-corrected chi connectivity index (χ2v) is 4.02. The molecule has 1 aromatic carbocycles. The molecule has 7 heteroatoms. The van der Waals surface area contributed by atoms with Crippen LogP contribution in [0.1, 0.15) is 36.1 Å². The number of anilines is 1. The fourth-order valence-corrected chi connectivity index (χ4v) is 1.50. The molecule has 0 radical (unpaired) electrons. The molecule has 1 amide bonds. The molecule has 118 valence electrons. The maximum Gasteiger partial charge on any atom is 0.271 e. The average Bonchev–Trinajstić information content (AvgIpc) is 3.24. The van der Waals surface area contributed by atoms with E-state index in [1.807, 2.05) is 0 Å². The number of hydrogen-bond acceptors (Lipinski definition) is 5. The van der Waals surface area contributed by atoms with Gasteiger partial charge < -0.3 is 14.5 Å². The van der Waals surface area contributed by atoms with Gasteiger partial charge in [0.05, 0.1) is 36.8 Å². The molecule has 22 heavy (non-hydrogen) atoms. The molecule has 3 rings (SSSR count). The normalized spacial score (nSPS) is 47.4. The number of nitro benzene ring substituents is 1. The van der Waals surface area contributed by atoms with E-state index in [4.69, 9.17) is 23.3 Å². The summed E-state index contributed by atoms with van der Waals surface area (Å²) < 4.78 is 141. The molecule has 0 aromatic heterocycles. The first-order valence-electron chi connectivity index (χ1n) is 14.2. The number of piperazine rings is 1. The molecule has 1 saturated heterocycles. The highest BCUT2D eigenvalue weighted by Gasteiger charge is 2.35. The Hall–Kier alpha value is -2.31. The number of amides is 1. The minimum atomic E-state index is -4.07. The number of benzene rings is 1. The monoisotopic (exact) mass is 322 g/mol. The maximum atomic E-state index is 13.1. The second-order valence-electron chi connectivity index (χ2n) is 4.02. The van der Waals surface area contributed by atoms with Gasteiger partial charge in [-0.2, -0.15) is 0 Å². The van der Waals surface area contributed by atoms with Gasteiger partial charge in [0, 0.05) is 48.1 Å². The van der Waals surface area contributed by atoms with Crippen LogP contribution in [0.2, 0.25) is 0 Å². The highest BCUT2D eigenvalue weighted by molar-refractivity contribution is 5.81. The first kappa shape index (κ1) is 4.59. The molecule has 1 atom stereocenters. The second kappa shape index (κ2) is 5.82. The van der Waals surface area contributed by atoms with Crippen LogP contribution in [-0.2, 0) is 4.79 Å². The minimum Gasteiger partial charge on any atom is -0.495 e. The molecule has 1 heterocycles. The molecule has 1 aromatic rings. The summed E-state index contributed by atoms with van der Waals surface area (Å²) in [4.78, 5) is 22.1. The average molecular weight is 322 g/mol. The van der Waals surface area contributed by atoms with Gasteiger partial charge in [-0.05, 0) is 18.8 Å². The highest BCUT2D eigenvalue weighted by Crippen LogP contribution is 2.34. The zero-order valence-electron chi connectivity index (χ0n) is 27.7. The standard InChI is InChI=1S/C15H19N3O4/c1-22-14-5-4-12(18(20)21)10-13(14)16-6-8-17(9-7-16)15(19)11-2-3-11/h4-5,10-11H,2-3,6-9H2,1H3/i1D3,2D2,4D,5D,6D2,7D2,8D2,9D2,10D,11D. The fourth-order valence-electron chi connectivity index (χ4n) is 1.50. The third-order valence-electron chi connectivity index (χ3n) is 2.62. The van der Waals surface area contributed by atoms with Gasteiger partial charge in [0.25, 0.3) is 5.69 Å². The van der Waals surface area contributed by atoms with Crippen molar-refractivity contribution in [3.63, 3.8) is 0 Å². The van der Waals surface area contributed by atoms with Gasteiger partial charge in [-0.3, -0.25) is 14.9 Å². The quantitative estimate of drug-likeness (QED) is 0.622. The number of ether oxygens (including phenoxy) is 1. The zero-order chi connectivity index (χ0) is 30.7. The number of methoxy groups -OCH3 is 1. The largest absolute Gasteiger partial charge is 0.495 e. The number of carbonyl (C=O) groups is 1. The molecule has 1 aliphatic carbocycles. The van der Waals surface area contributed by atoms with E-state index in [1.165, 1.54) is 0 Å². The van der Waals surface area contributed by atoms with E-state index < -0.39 is 108 Å². The molecule has 2 fully saturated rings. The number of nitrogens with zero attached hydrogens (tertiary/aromatic N) is 3. The lowest BCUT2D eigenvalue weighted by Crippen LogP contribution is -2.49. The van der Waals surface area contributed by atoms with Gasteiger partial charge >= 0.3 is 0 Å². The Balaban J connectivity index is 2.44. The van der Waals surface area contributed by atoms with Crippen LogP contribution in [0.3, 0.4) is 0 Å². The van der Waals surface area contributed by atoms with E-state index >= 15 is 0 Å². The lowest BCUT2D eigenvalue weighted by atomic mass is 10.2. The third kappa shape index (κ3) is 2.84.